The molecule has 0 spiro atoms. The lowest BCUT2D eigenvalue weighted by Crippen LogP contribution is -2.31. The number of aryl methyl sites for hydroxylation is 3. The molecule has 5 heteroatoms. The van der Waals surface area contributed by atoms with E-state index >= 15 is 0 Å². The van der Waals surface area contributed by atoms with Crippen LogP contribution in [0.5, 0.6) is 0 Å². The molecule has 142 valence electrons. The fraction of sp³-hybridized carbons (Fsp3) is 0.409. The van der Waals surface area contributed by atoms with Crippen LogP contribution in [-0.4, -0.2) is 37.7 Å². The molecule has 0 N–H and O–H groups in total. The Kier molecular flexibility index (Phi) is 6.01. The summed E-state index contributed by atoms with van der Waals surface area (Å²) < 4.78 is 1.87. The average molecular weight is 364 g/mol. The van der Waals surface area contributed by atoms with Gasteiger partial charge in [0, 0.05) is 30.9 Å². The molecule has 2 heterocycles. The molecule has 3 aromatic rings. The highest BCUT2D eigenvalue weighted by molar-refractivity contribution is 5.37. The molecular weight excluding hydrogens is 334 g/mol. The van der Waals surface area contributed by atoms with Crippen LogP contribution in [0.4, 0.5) is 0 Å². The highest BCUT2D eigenvalue weighted by atomic mass is 15.3. The lowest BCUT2D eigenvalue weighted by Gasteiger charge is -2.26. The molecule has 0 aliphatic heterocycles. The fourth-order valence-corrected chi connectivity index (χ4v) is 3.37. The van der Waals surface area contributed by atoms with Gasteiger partial charge in [-0.1, -0.05) is 12.1 Å². The first-order valence-corrected chi connectivity index (χ1v) is 9.45. The molecule has 0 aliphatic rings. The zero-order valence-electron chi connectivity index (χ0n) is 17.0. The second-order valence-electron chi connectivity index (χ2n) is 7.59. The van der Waals surface area contributed by atoms with Gasteiger partial charge in [0.25, 0.3) is 0 Å². The quantitative estimate of drug-likeness (QED) is 0.642. The lowest BCUT2D eigenvalue weighted by atomic mass is 9.99. The number of nitrogens with zero attached hydrogens (tertiary/aromatic N) is 5. The molecule has 0 bridgehead atoms. The first kappa shape index (κ1) is 19.2. The van der Waals surface area contributed by atoms with E-state index in [1.807, 2.05) is 16.9 Å². The zero-order chi connectivity index (χ0) is 19.4. The highest BCUT2D eigenvalue weighted by Gasteiger charge is 2.14. The van der Waals surface area contributed by atoms with Crippen LogP contribution in [0.3, 0.4) is 0 Å². The summed E-state index contributed by atoms with van der Waals surface area (Å²) in [5, 5.41) is 4.24. The molecule has 3 rings (SSSR count). The summed E-state index contributed by atoms with van der Waals surface area (Å²) >= 11 is 0. The van der Waals surface area contributed by atoms with Crippen molar-refractivity contribution in [3.8, 4) is 0 Å². The molecule has 5 nitrogen and oxygen atoms in total. The molecular formula is C22H29N5. The van der Waals surface area contributed by atoms with E-state index in [1.54, 1.807) is 12.7 Å². The molecule has 1 aromatic carbocycles. The van der Waals surface area contributed by atoms with E-state index < -0.39 is 0 Å². The topological polar surface area (TPSA) is 46.8 Å². The molecule has 0 aliphatic carbocycles. The van der Waals surface area contributed by atoms with Crippen molar-refractivity contribution in [3.05, 3.63) is 76.6 Å². The summed E-state index contributed by atoms with van der Waals surface area (Å²) in [6, 6.07) is 9.24. The smallest absolute Gasteiger partial charge is 0.137 e. The van der Waals surface area contributed by atoms with E-state index in [2.05, 4.69) is 72.9 Å². The summed E-state index contributed by atoms with van der Waals surface area (Å²) in [4.78, 5) is 11.0. The Labute approximate surface area is 162 Å². The van der Waals surface area contributed by atoms with Crippen molar-refractivity contribution in [1.82, 2.24) is 24.6 Å². The summed E-state index contributed by atoms with van der Waals surface area (Å²) in [5.74, 6) is 0. The third-order valence-electron chi connectivity index (χ3n) is 5.24. The molecule has 0 unspecified atom stereocenters. The molecule has 1 atom stereocenters. The molecule has 0 fully saturated rings. The Hall–Kier alpha value is -2.53. The maximum Gasteiger partial charge on any atom is 0.137 e. The van der Waals surface area contributed by atoms with Crippen molar-refractivity contribution in [2.75, 3.05) is 7.05 Å². The van der Waals surface area contributed by atoms with Crippen LogP contribution in [0, 0.1) is 20.8 Å². The van der Waals surface area contributed by atoms with Gasteiger partial charge in [-0.25, -0.2) is 9.67 Å². The van der Waals surface area contributed by atoms with E-state index in [1.165, 1.54) is 27.8 Å². The Morgan fingerprint density at radius 1 is 1.07 bits per heavy atom. The van der Waals surface area contributed by atoms with Gasteiger partial charge in [-0.2, -0.15) is 5.10 Å². The van der Waals surface area contributed by atoms with Gasteiger partial charge in [0.1, 0.15) is 12.7 Å². The Balaban J connectivity index is 1.71. The summed E-state index contributed by atoms with van der Waals surface area (Å²) in [6.45, 7) is 10.4. The molecule has 0 saturated heterocycles. The fourth-order valence-electron chi connectivity index (χ4n) is 3.37. The van der Waals surface area contributed by atoms with E-state index in [-0.39, 0.29) is 0 Å². The van der Waals surface area contributed by atoms with Gasteiger partial charge in [0.2, 0.25) is 0 Å². The van der Waals surface area contributed by atoms with E-state index in [0.29, 0.717) is 6.04 Å². The van der Waals surface area contributed by atoms with Crippen molar-refractivity contribution >= 4 is 0 Å². The summed E-state index contributed by atoms with van der Waals surface area (Å²) in [6.07, 6.45) is 6.20. The normalized spacial score (nSPS) is 12.5. The number of hydrogen-bond donors (Lipinski definition) is 0. The van der Waals surface area contributed by atoms with Crippen LogP contribution < -0.4 is 0 Å². The SMILES string of the molecule is Cc1ccnc(C[C@@H](C)N(C)Cc2cc(Cn3cncn3)c(C)cc2C)c1. The summed E-state index contributed by atoms with van der Waals surface area (Å²) in [5.41, 5.74) is 7.71. The van der Waals surface area contributed by atoms with Crippen LogP contribution in [0.25, 0.3) is 0 Å². The van der Waals surface area contributed by atoms with E-state index in [0.717, 1.165) is 25.2 Å². The minimum atomic E-state index is 0.416. The largest absolute Gasteiger partial charge is 0.299 e. The number of rotatable bonds is 7. The lowest BCUT2D eigenvalue weighted by molar-refractivity contribution is 0.246. The molecule has 2 aromatic heterocycles. The number of pyridine rings is 1. The van der Waals surface area contributed by atoms with Crippen LogP contribution >= 0.6 is 0 Å². The second-order valence-corrected chi connectivity index (χ2v) is 7.59. The van der Waals surface area contributed by atoms with Crippen LogP contribution in [0.2, 0.25) is 0 Å². The third kappa shape index (κ3) is 5.01. The number of hydrogen-bond acceptors (Lipinski definition) is 4. The van der Waals surface area contributed by atoms with Crippen molar-refractivity contribution in [2.45, 2.75) is 53.2 Å². The van der Waals surface area contributed by atoms with E-state index in [4.69, 9.17) is 0 Å². The van der Waals surface area contributed by atoms with Crippen molar-refractivity contribution < 1.29 is 0 Å². The van der Waals surface area contributed by atoms with Crippen molar-refractivity contribution in [2.24, 2.45) is 0 Å². The Bertz CT molecular complexity index is 886. The Morgan fingerprint density at radius 2 is 1.85 bits per heavy atom. The second kappa shape index (κ2) is 8.44. The van der Waals surface area contributed by atoms with Gasteiger partial charge in [0.05, 0.1) is 6.54 Å². The number of benzene rings is 1. The van der Waals surface area contributed by atoms with Gasteiger partial charge < -0.3 is 0 Å². The predicted molar refractivity (Wildman–Crippen MR) is 109 cm³/mol. The van der Waals surface area contributed by atoms with Gasteiger partial charge in [-0.3, -0.25) is 9.88 Å². The monoisotopic (exact) mass is 363 g/mol. The number of likely N-dealkylation sites (N-methyl/N-ethyl adjacent to an activating group) is 1. The summed E-state index contributed by atoms with van der Waals surface area (Å²) in [7, 11) is 2.19. The van der Waals surface area contributed by atoms with Gasteiger partial charge in [-0.15, -0.1) is 0 Å². The van der Waals surface area contributed by atoms with Gasteiger partial charge >= 0.3 is 0 Å². The van der Waals surface area contributed by atoms with E-state index in [9.17, 15) is 0 Å². The minimum Gasteiger partial charge on any atom is -0.299 e. The van der Waals surface area contributed by atoms with Crippen molar-refractivity contribution in [3.63, 3.8) is 0 Å². The standard InChI is InChI=1S/C22H29N5/c1-16-6-7-24-22(8-16)10-19(4)26(5)12-20-11-21(18(3)9-17(20)2)13-27-15-23-14-25-27/h6-9,11,14-15,19H,10,12-13H2,1-5H3/t19-/m1/s1. The van der Waals surface area contributed by atoms with Crippen LogP contribution in [-0.2, 0) is 19.5 Å². The molecule has 0 saturated carbocycles. The molecule has 0 radical (unpaired) electrons. The molecule has 27 heavy (non-hydrogen) atoms. The zero-order valence-corrected chi connectivity index (χ0v) is 17.0. The maximum absolute atomic E-state index is 4.51. The van der Waals surface area contributed by atoms with Crippen molar-refractivity contribution in [1.29, 1.82) is 0 Å². The highest BCUT2D eigenvalue weighted by Crippen LogP contribution is 2.20. The van der Waals surface area contributed by atoms with Crippen LogP contribution in [0.15, 0.2) is 43.1 Å². The van der Waals surface area contributed by atoms with Gasteiger partial charge in [-0.05, 0) is 74.7 Å². The molecule has 0 amide bonds. The van der Waals surface area contributed by atoms with Gasteiger partial charge in [0.15, 0.2) is 0 Å². The van der Waals surface area contributed by atoms with Crippen LogP contribution in [0.1, 0.15) is 40.4 Å². The first-order chi connectivity index (χ1) is 12.9. The average Bonchev–Trinajstić information content (AvgIpc) is 3.12. The first-order valence-electron chi connectivity index (χ1n) is 9.45. The minimum absolute atomic E-state index is 0.416. The Morgan fingerprint density at radius 3 is 2.56 bits per heavy atom. The predicted octanol–water partition coefficient (Wildman–Crippen LogP) is 3.71. The maximum atomic E-state index is 4.51. The number of aromatic nitrogens is 4. The third-order valence-corrected chi connectivity index (χ3v) is 5.24.